The second kappa shape index (κ2) is 7.90. The van der Waals surface area contributed by atoms with Crippen molar-refractivity contribution in [2.24, 2.45) is 5.73 Å². The van der Waals surface area contributed by atoms with Crippen LogP contribution in [-0.4, -0.2) is 37.0 Å². The lowest BCUT2D eigenvalue weighted by Gasteiger charge is -2.22. The van der Waals surface area contributed by atoms with E-state index in [9.17, 15) is 13.2 Å². The zero-order valence-corrected chi connectivity index (χ0v) is 17.4. The average molecular weight is 428 g/mol. The van der Waals surface area contributed by atoms with Gasteiger partial charge in [-0.3, -0.25) is 10.2 Å². The number of anilines is 1. The molecule has 0 amide bonds. The van der Waals surface area contributed by atoms with Gasteiger partial charge in [-0.25, -0.2) is 13.4 Å². The van der Waals surface area contributed by atoms with Gasteiger partial charge in [0.05, 0.1) is 9.92 Å². The minimum Gasteiger partial charge on any atom is -0.459 e. The van der Waals surface area contributed by atoms with E-state index in [1.54, 1.807) is 20.8 Å². The van der Waals surface area contributed by atoms with Crippen molar-refractivity contribution in [3.8, 4) is 0 Å². The summed E-state index contributed by atoms with van der Waals surface area (Å²) < 4.78 is 32.9. The molecule has 9 nitrogen and oxygen atoms in total. The Hall–Kier alpha value is -2.43. The Kier molecular flexibility index (Phi) is 6.17. The Labute approximate surface area is 168 Å². The van der Waals surface area contributed by atoms with Crippen LogP contribution in [0.1, 0.15) is 27.7 Å². The van der Waals surface area contributed by atoms with Gasteiger partial charge in [0, 0.05) is 17.0 Å². The first-order valence-corrected chi connectivity index (χ1v) is 10.1. The normalized spacial score (nSPS) is 13.2. The first-order valence-electron chi connectivity index (χ1n) is 8.24. The van der Waals surface area contributed by atoms with E-state index in [-0.39, 0.29) is 16.7 Å². The zero-order valence-electron chi connectivity index (χ0n) is 15.8. The molecule has 1 aromatic carbocycles. The number of nitrogens with one attached hydrogen (secondary N) is 3. The Balaban J connectivity index is 2.40. The first kappa shape index (κ1) is 21.9. The number of aromatic nitrogens is 1. The number of sulfonamides is 1. The third-order valence-electron chi connectivity index (χ3n) is 3.47. The minimum absolute atomic E-state index is 0.105. The third-order valence-corrected chi connectivity index (χ3v) is 5.31. The predicted molar refractivity (Wildman–Crippen MR) is 108 cm³/mol. The van der Waals surface area contributed by atoms with E-state index in [0.717, 1.165) is 0 Å². The van der Waals surface area contributed by atoms with Crippen molar-refractivity contribution in [1.82, 2.24) is 9.71 Å². The van der Waals surface area contributed by atoms with Crippen LogP contribution in [0, 0.1) is 5.41 Å². The van der Waals surface area contributed by atoms with Crippen LogP contribution in [0.25, 0.3) is 10.8 Å². The standard InChI is InChI=1S/C17H22ClN5O4S/c1-9(15(24)27-17(2,3)4)23-28(25,26)10-5-6-11-12(7-10)14(22-16(19)20)21-8-13(11)18/h5-9,23H,1-4H3,(H4,19,20,21,22)/t9-/m0/s1. The van der Waals surface area contributed by atoms with Crippen molar-refractivity contribution in [2.75, 3.05) is 5.32 Å². The molecule has 0 fully saturated rings. The molecule has 28 heavy (non-hydrogen) atoms. The third kappa shape index (κ3) is 5.31. The van der Waals surface area contributed by atoms with Gasteiger partial charge in [-0.05, 0) is 39.8 Å². The number of halogens is 1. The molecule has 0 bridgehead atoms. The topological polar surface area (TPSA) is 147 Å². The maximum absolute atomic E-state index is 12.7. The fourth-order valence-electron chi connectivity index (χ4n) is 2.32. The van der Waals surface area contributed by atoms with Crippen LogP contribution in [0.4, 0.5) is 5.82 Å². The molecule has 2 aromatic rings. The summed E-state index contributed by atoms with van der Waals surface area (Å²) >= 11 is 6.12. The SMILES string of the molecule is C[C@H](NS(=O)(=O)c1ccc2c(Cl)cnc(NC(=N)N)c2c1)C(=O)OC(C)(C)C. The minimum atomic E-state index is -4.04. The van der Waals surface area contributed by atoms with Gasteiger partial charge in [0.15, 0.2) is 5.96 Å². The van der Waals surface area contributed by atoms with E-state index in [1.165, 1.54) is 31.3 Å². The second-order valence-corrected chi connectivity index (χ2v) is 9.20. The maximum Gasteiger partial charge on any atom is 0.324 e. The highest BCUT2D eigenvalue weighted by Crippen LogP contribution is 2.30. The number of hydrogen-bond donors (Lipinski definition) is 4. The summed E-state index contributed by atoms with van der Waals surface area (Å²) in [5.74, 6) is -0.870. The van der Waals surface area contributed by atoms with E-state index in [4.69, 9.17) is 27.5 Å². The number of pyridine rings is 1. The smallest absolute Gasteiger partial charge is 0.324 e. The number of hydrogen-bond acceptors (Lipinski definition) is 6. The molecule has 1 aromatic heterocycles. The number of benzene rings is 1. The van der Waals surface area contributed by atoms with Crippen molar-refractivity contribution in [3.63, 3.8) is 0 Å². The van der Waals surface area contributed by atoms with Crippen LogP contribution in [-0.2, 0) is 19.6 Å². The summed E-state index contributed by atoms with van der Waals surface area (Å²) in [6.07, 6.45) is 1.37. The number of ether oxygens (including phenoxy) is 1. The predicted octanol–water partition coefficient (Wildman–Crippen LogP) is 2.20. The molecule has 0 aliphatic rings. The molecule has 0 saturated heterocycles. The summed E-state index contributed by atoms with van der Waals surface area (Å²) in [7, 11) is -4.04. The van der Waals surface area contributed by atoms with Gasteiger partial charge in [0.1, 0.15) is 17.5 Å². The molecule has 0 aliphatic heterocycles. The highest BCUT2D eigenvalue weighted by atomic mass is 35.5. The Morgan fingerprint density at radius 2 is 1.96 bits per heavy atom. The molecule has 1 atom stereocenters. The fourth-order valence-corrected chi connectivity index (χ4v) is 3.75. The highest BCUT2D eigenvalue weighted by molar-refractivity contribution is 7.89. The van der Waals surface area contributed by atoms with E-state index < -0.39 is 27.6 Å². The number of carbonyl (C=O) groups is 1. The zero-order chi connectivity index (χ0) is 21.3. The average Bonchev–Trinajstić information content (AvgIpc) is 2.55. The van der Waals surface area contributed by atoms with Gasteiger partial charge in [-0.15, -0.1) is 0 Å². The van der Waals surface area contributed by atoms with Gasteiger partial charge in [-0.1, -0.05) is 17.7 Å². The van der Waals surface area contributed by atoms with Crippen LogP contribution in [0.5, 0.6) is 0 Å². The van der Waals surface area contributed by atoms with Crippen LogP contribution >= 0.6 is 11.6 Å². The number of fused-ring (bicyclic) bond motifs is 1. The molecule has 0 unspecified atom stereocenters. The first-order chi connectivity index (χ1) is 12.8. The van der Waals surface area contributed by atoms with E-state index in [1.807, 2.05) is 0 Å². The van der Waals surface area contributed by atoms with Crippen molar-refractivity contribution < 1.29 is 17.9 Å². The molecular formula is C17H22ClN5O4S. The van der Waals surface area contributed by atoms with E-state index in [0.29, 0.717) is 15.8 Å². The lowest BCUT2D eigenvalue weighted by Crippen LogP contribution is -2.42. The van der Waals surface area contributed by atoms with E-state index in [2.05, 4.69) is 15.0 Å². The lowest BCUT2D eigenvalue weighted by molar-refractivity contribution is -0.156. The number of guanidine groups is 1. The number of esters is 1. The molecule has 0 saturated carbocycles. The summed E-state index contributed by atoms with van der Waals surface area (Å²) in [6, 6.07) is 3.11. The Morgan fingerprint density at radius 1 is 1.32 bits per heavy atom. The molecular weight excluding hydrogens is 406 g/mol. The fraction of sp³-hybridized carbons (Fsp3) is 0.353. The van der Waals surface area contributed by atoms with Crippen LogP contribution < -0.4 is 15.8 Å². The largest absolute Gasteiger partial charge is 0.459 e. The van der Waals surface area contributed by atoms with Crippen molar-refractivity contribution in [3.05, 3.63) is 29.4 Å². The molecule has 0 radical (unpaired) electrons. The molecule has 2 rings (SSSR count). The number of carbonyl (C=O) groups excluding carboxylic acids is 1. The summed E-state index contributed by atoms with van der Waals surface area (Å²) in [5, 5.41) is 11.1. The van der Waals surface area contributed by atoms with Crippen LogP contribution in [0.3, 0.4) is 0 Å². The lowest BCUT2D eigenvalue weighted by atomic mass is 10.1. The van der Waals surface area contributed by atoms with Crippen molar-refractivity contribution >= 4 is 50.1 Å². The second-order valence-electron chi connectivity index (χ2n) is 7.08. The molecule has 1 heterocycles. The van der Waals surface area contributed by atoms with Crippen LogP contribution in [0.15, 0.2) is 29.3 Å². The van der Waals surface area contributed by atoms with Gasteiger partial charge < -0.3 is 15.8 Å². The molecule has 0 aliphatic carbocycles. The van der Waals surface area contributed by atoms with Crippen molar-refractivity contribution in [2.45, 2.75) is 44.2 Å². The Morgan fingerprint density at radius 3 is 2.54 bits per heavy atom. The Bertz CT molecular complexity index is 1030. The van der Waals surface area contributed by atoms with Crippen molar-refractivity contribution in [1.29, 1.82) is 5.41 Å². The monoisotopic (exact) mass is 427 g/mol. The molecule has 5 N–H and O–H groups in total. The molecule has 0 spiro atoms. The molecule has 152 valence electrons. The number of rotatable bonds is 5. The van der Waals surface area contributed by atoms with Crippen LogP contribution in [0.2, 0.25) is 5.02 Å². The van der Waals surface area contributed by atoms with E-state index >= 15 is 0 Å². The quantitative estimate of drug-likeness (QED) is 0.324. The summed E-state index contributed by atoms with van der Waals surface area (Å²) in [6.45, 7) is 6.47. The van der Waals surface area contributed by atoms with Gasteiger partial charge in [-0.2, -0.15) is 4.72 Å². The number of nitrogens with zero attached hydrogens (tertiary/aromatic N) is 1. The molecule has 11 heteroatoms. The van der Waals surface area contributed by atoms with Gasteiger partial charge in [0.25, 0.3) is 0 Å². The summed E-state index contributed by atoms with van der Waals surface area (Å²) in [4.78, 5) is 16.0. The van der Waals surface area contributed by atoms with Gasteiger partial charge >= 0.3 is 5.97 Å². The maximum atomic E-state index is 12.7. The summed E-state index contributed by atoms with van der Waals surface area (Å²) in [5.41, 5.74) is 4.60. The van der Waals surface area contributed by atoms with Gasteiger partial charge in [0.2, 0.25) is 10.0 Å². The highest BCUT2D eigenvalue weighted by Gasteiger charge is 2.27. The number of nitrogens with two attached hydrogens (primary N) is 1.